The number of guanidine groups is 1. The molecule has 2 aliphatic rings. The number of aliphatic imine (C=N–C) groups is 1. The molecule has 2 aliphatic heterocycles. The van der Waals surface area contributed by atoms with Gasteiger partial charge in [-0.05, 0) is 18.2 Å². The Morgan fingerprint density at radius 3 is 2.64 bits per heavy atom. The molecule has 1 atom stereocenters. The van der Waals surface area contributed by atoms with Gasteiger partial charge in [-0.2, -0.15) is 4.98 Å². The van der Waals surface area contributed by atoms with Gasteiger partial charge in [0, 0.05) is 11.3 Å². The molecule has 0 bridgehead atoms. The van der Waals surface area contributed by atoms with Gasteiger partial charge in [-0.3, -0.25) is 19.5 Å². The van der Waals surface area contributed by atoms with Crippen molar-refractivity contribution >= 4 is 34.4 Å². The Labute approximate surface area is 141 Å². The van der Waals surface area contributed by atoms with Gasteiger partial charge in [0.05, 0.1) is 10.9 Å². The first-order valence-corrected chi connectivity index (χ1v) is 7.67. The maximum atomic E-state index is 13.0. The number of nitrogens with zero attached hydrogens (tertiary/aromatic N) is 3. The highest BCUT2D eigenvalue weighted by atomic mass is 16.2. The van der Waals surface area contributed by atoms with Crippen LogP contribution in [0.2, 0.25) is 0 Å². The molecule has 0 saturated heterocycles. The Balaban J connectivity index is 2.00. The van der Waals surface area contributed by atoms with Crippen molar-refractivity contribution < 1.29 is 4.79 Å². The number of nitrogens with one attached hydrogen (secondary N) is 2. The normalized spacial score (nSPS) is 20.6. The maximum Gasteiger partial charge on any atom is 0.282 e. The molecule has 0 fully saturated rings. The zero-order valence-electron chi connectivity index (χ0n) is 12.9. The van der Waals surface area contributed by atoms with Crippen LogP contribution in [-0.2, 0) is 10.5 Å². The minimum atomic E-state index is -1.44. The first-order chi connectivity index (χ1) is 12.1. The first-order valence-electron chi connectivity index (χ1n) is 7.67. The van der Waals surface area contributed by atoms with E-state index >= 15 is 0 Å². The van der Waals surface area contributed by atoms with Crippen LogP contribution in [0.15, 0.2) is 58.3 Å². The quantitative estimate of drug-likeness (QED) is 0.563. The molecule has 4 N–H and O–H groups in total. The molecule has 3 heterocycles. The summed E-state index contributed by atoms with van der Waals surface area (Å²) >= 11 is 0. The summed E-state index contributed by atoms with van der Waals surface area (Å²) in [4.78, 5) is 33.9. The standard InChI is InChI=1S/C17H12N6O2/c18-15-21-16-20-13(24)9-5-1-4-8-12(9)23(16)17(22-15)10-6-2-3-7-11(10)19-14(17)25/h1-8H,(H,19,25)(H3,18,20,21,22,24). The summed E-state index contributed by atoms with van der Waals surface area (Å²) in [6.07, 6.45) is 0. The number of para-hydroxylation sites is 2. The molecule has 5 rings (SSSR count). The van der Waals surface area contributed by atoms with Crippen molar-refractivity contribution in [2.45, 2.75) is 5.66 Å². The summed E-state index contributed by atoms with van der Waals surface area (Å²) in [7, 11) is 0. The van der Waals surface area contributed by atoms with Crippen molar-refractivity contribution in [3.63, 3.8) is 0 Å². The summed E-state index contributed by atoms with van der Waals surface area (Å²) < 4.78 is 1.63. The molecule has 0 radical (unpaired) electrons. The lowest BCUT2D eigenvalue weighted by atomic mass is 9.99. The molecule has 8 nitrogen and oxygen atoms in total. The second-order valence-corrected chi connectivity index (χ2v) is 5.89. The van der Waals surface area contributed by atoms with E-state index in [9.17, 15) is 9.59 Å². The summed E-state index contributed by atoms with van der Waals surface area (Å²) in [6, 6.07) is 14.2. The molecule has 25 heavy (non-hydrogen) atoms. The van der Waals surface area contributed by atoms with Gasteiger partial charge in [0.1, 0.15) is 0 Å². The molecule has 122 valence electrons. The highest BCUT2D eigenvalue weighted by Gasteiger charge is 2.52. The highest BCUT2D eigenvalue weighted by Crippen LogP contribution is 2.44. The lowest BCUT2D eigenvalue weighted by molar-refractivity contribution is -0.121. The SMILES string of the molecule is NC1=NC2(C(=O)Nc3ccccc32)n2c(nc(=O)c3ccccc32)N1. The number of nitrogens with two attached hydrogens (primary N) is 1. The summed E-state index contributed by atoms with van der Waals surface area (Å²) in [5.41, 5.74) is 5.94. The van der Waals surface area contributed by atoms with Crippen molar-refractivity contribution in [2.24, 2.45) is 10.7 Å². The number of hydrogen-bond acceptors (Lipinski definition) is 6. The summed E-state index contributed by atoms with van der Waals surface area (Å²) in [5.74, 6) is -0.146. The van der Waals surface area contributed by atoms with Crippen LogP contribution in [0.4, 0.5) is 11.6 Å². The fourth-order valence-corrected chi connectivity index (χ4v) is 3.51. The fourth-order valence-electron chi connectivity index (χ4n) is 3.51. The van der Waals surface area contributed by atoms with Crippen LogP contribution in [-0.4, -0.2) is 21.4 Å². The number of anilines is 2. The van der Waals surface area contributed by atoms with Gasteiger partial charge in [-0.25, -0.2) is 4.99 Å². The number of fused-ring (bicyclic) bond motifs is 6. The predicted molar refractivity (Wildman–Crippen MR) is 93.4 cm³/mol. The van der Waals surface area contributed by atoms with Crippen LogP contribution in [0.1, 0.15) is 5.56 Å². The van der Waals surface area contributed by atoms with Crippen LogP contribution in [0.5, 0.6) is 0 Å². The van der Waals surface area contributed by atoms with Crippen molar-refractivity contribution in [3.05, 3.63) is 64.4 Å². The minimum absolute atomic E-state index is 0.0223. The molecule has 2 aromatic carbocycles. The van der Waals surface area contributed by atoms with E-state index in [2.05, 4.69) is 20.6 Å². The van der Waals surface area contributed by atoms with E-state index in [1.807, 2.05) is 18.2 Å². The largest absolute Gasteiger partial charge is 0.370 e. The van der Waals surface area contributed by atoms with E-state index in [0.717, 1.165) is 0 Å². The van der Waals surface area contributed by atoms with Crippen molar-refractivity contribution in [3.8, 4) is 0 Å². The van der Waals surface area contributed by atoms with Gasteiger partial charge in [-0.15, -0.1) is 0 Å². The third kappa shape index (κ3) is 1.60. The second kappa shape index (κ2) is 4.44. The van der Waals surface area contributed by atoms with Gasteiger partial charge in [-0.1, -0.05) is 30.3 Å². The Kier molecular flexibility index (Phi) is 2.44. The minimum Gasteiger partial charge on any atom is -0.370 e. The van der Waals surface area contributed by atoms with Gasteiger partial charge < -0.3 is 11.1 Å². The zero-order chi connectivity index (χ0) is 17.2. The number of hydrogen-bond donors (Lipinski definition) is 3. The average Bonchev–Trinajstić information content (AvgIpc) is 2.87. The van der Waals surface area contributed by atoms with Gasteiger partial charge in [0.15, 0.2) is 5.96 Å². The van der Waals surface area contributed by atoms with Gasteiger partial charge >= 0.3 is 0 Å². The van der Waals surface area contributed by atoms with Crippen LogP contribution in [0.25, 0.3) is 10.9 Å². The molecule has 0 saturated carbocycles. The van der Waals surface area contributed by atoms with Crippen molar-refractivity contribution in [1.29, 1.82) is 0 Å². The van der Waals surface area contributed by atoms with Gasteiger partial charge in [0.2, 0.25) is 11.6 Å². The molecule has 0 aliphatic carbocycles. The Morgan fingerprint density at radius 1 is 1.00 bits per heavy atom. The van der Waals surface area contributed by atoms with Crippen LogP contribution >= 0.6 is 0 Å². The lowest BCUT2D eigenvalue weighted by Crippen LogP contribution is -2.49. The first kappa shape index (κ1) is 13.7. The number of rotatable bonds is 0. The molecule has 1 amide bonds. The average molecular weight is 332 g/mol. The van der Waals surface area contributed by atoms with E-state index in [0.29, 0.717) is 22.2 Å². The van der Waals surface area contributed by atoms with Crippen LogP contribution in [0, 0.1) is 0 Å². The number of aromatic nitrogens is 2. The molecule has 1 aromatic heterocycles. The van der Waals surface area contributed by atoms with E-state index < -0.39 is 11.2 Å². The monoisotopic (exact) mass is 332 g/mol. The lowest BCUT2D eigenvalue weighted by Gasteiger charge is -2.33. The van der Waals surface area contributed by atoms with E-state index in [-0.39, 0.29) is 17.8 Å². The third-order valence-corrected chi connectivity index (χ3v) is 4.51. The van der Waals surface area contributed by atoms with Crippen LogP contribution < -0.4 is 21.9 Å². The van der Waals surface area contributed by atoms with Crippen molar-refractivity contribution in [1.82, 2.24) is 9.55 Å². The second-order valence-electron chi connectivity index (χ2n) is 5.89. The van der Waals surface area contributed by atoms with Crippen molar-refractivity contribution in [2.75, 3.05) is 10.6 Å². The maximum absolute atomic E-state index is 13.0. The third-order valence-electron chi connectivity index (χ3n) is 4.51. The zero-order valence-corrected chi connectivity index (χ0v) is 12.9. The Morgan fingerprint density at radius 2 is 1.76 bits per heavy atom. The molecule has 1 unspecified atom stereocenters. The van der Waals surface area contributed by atoms with Gasteiger partial charge in [0.25, 0.3) is 11.5 Å². The molecule has 1 spiro atoms. The highest BCUT2D eigenvalue weighted by molar-refractivity contribution is 6.10. The topological polar surface area (TPSA) is 114 Å². The fraction of sp³-hybridized carbons (Fsp3) is 0.0588. The van der Waals surface area contributed by atoms with E-state index in [4.69, 9.17) is 5.73 Å². The summed E-state index contributed by atoms with van der Waals surface area (Å²) in [6.45, 7) is 0. The van der Waals surface area contributed by atoms with E-state index in [1.165, 1.54) is 0 Å². The molecule has 8 heteroatoms. The Hall–Kier alpha value is -3.68. The van der Waals surface area contributed by atoms with E-state index in [1.54, 1.807) is 34.9 Å². The predicted octanol–water partition coefficient (Wildman–Crippen LogP) is 0.790. The molecular formula is C17H12N6O2. The van der Waals surface area contributed by atoms with Crippen LogP contribution in [0.3, 0.4) is 0 Å². The number of benzene rings is 2. The Bertz CT molecular complexity index is 1170. The smallest absolute Gasteiger partial charge is 0.282 e. The molecule has 3 aromatic rings. The summed E-state index contributed by atoms with van der Waals surface area (Å²) in [5, 5.41) is 6.04. The number of amides is 1. The number of carbonyl (C=O) groups excluding carboxylic acids is 1. The number of carbonyl (C=O) groups is 1. The molecular weight excluding hydrogens is 320 g/mol.